The Morgan fingerprint density at radius 2 is 1.88 bits per heavy atom. The molecule has 7 heteroatoms. The molecule has 2 heterocycles. The van der Waals surface area contributed by atoms with Crippen molar-refractivity contribution in [2.75, 3.05) is 0 Å². The van der Waals surface area contributed by atoms with Gasteiger partial charge in [-0.2, -0.15) is 5.10 Å². The number of rotatable bonds is 1. The van der Waals surface area contributed by atoms with Crippen LogP contribution in [0.15, 0.2) is 63.1 Å². The van der Waals surface area contributed by atoms with Gasteiger partial charge < -0.3 is 0 Å². The first-order valence-electron chi connectivity index (χ1n) is 7.26. The van der Waals surface area contributed by atoms with E-state index in [4.69, 9.17) is 11.6 Å². The van der Waals surface area contributed by atoms with Crippen molar-refractivity contribution in [1.82, 2.24) is 14.8 Å². The van der Waals surface area contributed by atoms with E-state index in [2.05, 4.69) is 15.2 Å². The molecule has 0 unspecified atom stereocenters. The molecule has 0 fully saturated rings. The van der Waals surface area contributed by atoms with Gasteiger partial charge in [0.2, 0.25) is 0 Å². The van der Waals surface area contributed by atoms with Crippen molar-refractivity contribution in [3.05, 3.63) is 91.2 Å². The minimum Gasteiger partial charge on any atom is -0.276 e. The monoisotopic (exact) mass is 338 g/mol. The van der Waals surface area contributed by atoms with Crippen molar-refractivity contribution in [2.45, 2.75) is 6.54 Å². The van der Waals surface area contributed by atoms with E-state index in [0.717, 1.165) is 5.56 Å². The molecule has 0 amide bonds. The molecule has 24 heavy (non-hydrogen) atoms. The van der Waals surface area contributed by atoms with Gasteiger partial charge in [-0.05, 0) is 18.2 Å². The topological polar surface area (TPSA) is 80.1 Å². The third kappa shape index (κ3) is 2.28. The summed E-state index contributed by atoms with van der Waals surface area (Å²) in [5.74, 6) is 0.370. The van der Waals surface area contributed by atoms with E-state index < -0.39 is 11.1 Å². The number of halogens is 1. The predicted octanol–water partition coefficient (Wildman–Crippen LogP) is 1.93. The van der Waals surface area contributed by atoms with Gasteiger partial charge in [0.15, 0.2) is 5.82 Å². The Morgan fingerprint density at radius 3 is 2.67 bits per heavy atom. The van der Waals surface area contributed by atoms with Crippen molar-refractivity contribution in [1.29, 1.82) is 0 Å². The normalized spacial score (nSPS) is 12.8. The van der Waals surface area contributed by atoms with Crippen LogP contribution in [0.3, 0.4) is 0 Å². The SMILES string of the molecule is O=c1[nH]nc2n(c1=O)-c1ccc(Cl)cc1C(c1ccccc1)=NC2. The van der Waals surface area contributed by atoms with Gasteiger partial charge in [-0.15, -0.1) is 0 Å². The van der Waals surface area contributed by atoms with Crippen LogP contribution in [0.2, 0.25) is 5.02 Å². The molecule has 4 rings (SSSR count). The molecule has 0 bridgehead atoms. The average molecular weight is 339 g/mol. The Balaban J connectivity index is 2.08. The van der Waals surface area contributed by atoms with Gasteiger partial charge >= 0.3 is 11.1 Å². The van der Waals surface area contributed by atoms with Crippen molar-refractivity contribution >= 4 is 17.3 Å². The second-order valence-corrected chi connectivity index (χ2v) is 5.74. The van der Waals surface area contributed by atoms with E-state index in [1.165, 1.54) is 4.57 Å². The molecule has 1 aliphatic heterocycles. The van der Waals surface area contributed by atoms with Gasteiger partial charge in [0.05, 0.1) is 11.4 Å². The third-order valence-electron chi connectivity index (χ3n) is 3.82. The summed E-state index contributed by atoms with van der Waals surface area (Å²) < 4.78 is 1.30. The highest BCUT2D eigenvalue weighted by atomic mass is 35.5. The number of fused-ring (bicyclic) bond motifs is 3. The summed E-state index contributed by atoms with van der Waals surface area (Å²) in [6.45, 7) is 0.169. The Morgan fingerprint density at radius 1 is 1.08 bits per heavy atom. The molecule has 0 saturated heterocycles. The van der Waals surface area contributed by atoms with E-state index >= 15 is 0 Å². The Bertz CT molecular complexity index is 1080. The molecule has 0 saturated carbocycles. The van der Waals surface area contributed by atoms with Gasteiger partial charge in [0.25, 0.3) is 0 Å². The maximum absolute atomic E-state index is 12.4. The molecule has 6 nitrogen and oxygen atoms in total. The zero-order valence-corrected chi connectivity index (χ0v) is 13.1. The van der Waals surface area contributed by atoms with Crippen LogP contribution in [0.1, 0.15) is 17.0 Å². The van der Waals surface area contributed by atoms with Crippen LogP contribution in [0.5, 0.6) is 0 Å². The van der Waals surface area contributed by atoms with Gasteiger partial charge in [-0.25, -0.2) is 5.10 Å². The molecule has 1 aliphatic rings. The lowest BCUT2D eigenvalue weighted by molar-refractivity contribution is 0.731. The summed E-state index contributed by atoms with van der Waals surface area (Å²) >= 11 is 6.15. The number of aliphatic imine (C=N–C) groups is 1. The molecule has 0 atom stereocenters. The number of hydrogen-bond donors (Lipinski definition) is 1. The molecule has 1 aromatic heterocycles. The summed E-state index contributed by atoms with van der Waals surface area (Å²) in [6, 6.07) is 14.7. The molecule has 0 aliphatic carbocycles. The van der Waals surface area contributed by atoms with E-state index in [1.807, 2.05) is 30.3 Å². The summed E-state index contributed by atoms with van der Waals surface area (Å²) in [7, 11) is 0. The van der Waals surface area contributed by atoms with Crippen molar-refractivity contribution < 1.29 is 0 Å². The van der Waals surface area contributed by atoms with E-state index in [9.17, 15) is 9.59 Å². The largest absolute Gasteiger partial charge is 0.330 e. The van der Waals surface area contributed by atoms with Gasteiger partial charge in [-0.3, -0.25) is 19.1 Å². The zero-order valence-electron chi connectivity index (χ0n) is 12.4. The zero-order chi connectivity index (χ0) is 16.7. The van der Waals surface area contributed by atoms with Crippen LogP contribution < -0.4 is 11.1 Å². The van der Waals surface area contributed by atoms with Crippen LogP contribution in [0, 0.1) is 0 Å². The fraction of sp³-hybridized carbons (Fsp3) is 0.0588. The Labute approximate surface area is 141 Å². The molecule has 118 valence electrons. The maximum atomic E-state index is 12.4. The van der Waals surface area contributed by atoms with Crippen LogP contribution in [-0.2, 0) is 6.54 Å². The minimum atomic E-state index is -0.775. The number of aromatic amines is 1. The van der Waals surface area contributed by atoms with E-state index in [0.29, 0.717) is 27.8 Å². The number of nitrogens with zero attached hydrogens (tertiary/aromatic N) is 3. The van der Waals surface area contributed by atoms with Crippen molar-refractivity contribution in [3.63, 3.8) is 0 Å². The smallest absolute Gasteiger partial charge is 0.276 e. The fourth-order valence-electron chi connectivity index (χ4n) is 2.76. The maximum Gasteiger partial charge on any atom is 0.330 e. The van der Waals surface area contributed by atoms with E-state index in [-0.39, 0.29) is 6.54 Å². The summed E-state index contributed by atoms with van der Waals surface area (Å²) in [5, 5.41) is 6.71. The first kappa shape index (κ1) is 14.6. The van der Waals surface area contributed by atoms with Crippen LogP contribution >= 0.6 is 11.6 Å². The summed E-state index contributed by atoms with van der Waals surface area (Å²) in [4.78, 5) is 28.7. The van der Waals surface area contributed by atoms with Gasteiger partial charge in [0, 0.05) is 16.1 Å². The third-order valence-corrected chi connectivity index (χ3v) is 4.06. The van der Waals surface area contributed by atoms with Crippen LogP contribution in [0.25, 0.3) is 5.69 Å². The van der Waals surface area contributed by atoms with Crippen molar-refractivity contribution in [3.8, 4) is 5.69 Å². The second kappa shape index (κ2) is 5.58. The summed E-state index contributed by atoms with van der Waals surface area (Å²) in [6.07, 6.45) is 0. The lowest BCUT2D eigenvalue weighted by Crippen LogP contribution is -2.38. The second-order valence-electron chi connectivity index (χ2n) is 5.30. The minimum absolute atomic E-state index is 0.169. The predicted molar refractivity (Wildman–Crippen MR) is 91.2 cm³/mol. The summed E-state index contributed by atoms with van der Waals surface area (Å²) in [5.41, 5.74) is 1.36. The van der Waals surface area contributed by atoms with Crippen LogP contribution in [-0.4, -0.2) is 20.5 Å². The average Bonchev–Trinajstić information content (AvgIpc) is 2.76. The lowest BCUT2D eigenvalue weighted by Gasteiger charge is -2.12. The molecule has 2 aromatic carbocycles. The number of H-pyrrole nitrogens is 1. The first-order chi connectivity index (χ1) is 11.6. The Kier molecular flexibility index (Phi) is 3.39. The molecular formula is C17H11ClN4O2. The molecule has 3 aromatic rings. The van der Waals surface area contributed by atoms with Gasteiger partial charge in [-0.1, -0.05) is 41.9 Å². The number of nitrogens with one attached hydrogen (secondary N) is 1. The molecular weight excluding hydrogens is 328 g/mol. The highest BCUT2D eigenvalue weighted by molar-refractivity contribution is 6.31. The van der Waals surface area contributed by atoms with Crippen LogP contribution in [0.4, 0.5) is 0 Å². The highest BCUT2D eigenvalue weighted by Crippen LogP contribution is 2.25. The number of hydrogen-bond acceptors (Lipinski definition) is 4. The van der Waals surface area contributed by atoms with Gasteiger partial charge in [0.1, 0.15) is 6.54 Å². The fourth-order valence-corrected chi connectivity index (χ4v) is 2.93. The quantitative estimate of drug-likeness (QED) is 0.688. The highest BCUT2D eigenvalue weighted by Gasteiger charge is 2.21. The van der Waals surface area contributed by atoms with E-state index in [1.54, 1.807) is 18.2 Å². The Hall–Kier alpha value is -2.99. The standard InChI is InChI=1S/C17H11ClN4O2/c18-11-6-7-13-12(8-11)15(10-4-2-1-3-5-10)19-9-14-20-21-16(23)17(24)22(13)14/h1-8H,9H2,(H,21,23). The number of aromatic nitrogens is 3. The molecule has 0 spiro atoms. The van der Waals surface area contributed by atoms with Crippen molar-refractivity contribution in [2.24, 2.45) is 4.99 Å². The first-order valence-corrected chi connectivity index (χ1v) is 7.64. The lowest BCUT2D eigenvalue weighted by atomic mass is 10.0. The number of benzene rings is 2. The molecule has 1 N–H and O–H groups in total. The molecule has 0 radical (unpaired) electrons.